The van der Waals surface area contributed by atoms with E-state index in [4.69, 9.17) is 0 Å². The average Bonchev–Trinajstić information content (AvgIpc) is 2.69. The Bertz CT molecular complexity index is 625. The fraction of sp³-hybridized carbons (Fsp3) is 0.400. The van der Waals surface area contributed by atoms with Crippen LogP contribution in [0.3, 0.4) is 0 Å². The number of aromatic nitrogens is 2. The van der Waals surface area contributed by atoms with Gasteiger partial charge in [0.25, 0.3) is 0 Å². The van der Waals surface area contributed by atoms with Crippen LogP contribution in [0.25, 0.3) is 0 Å². The largest absolute Gasteiger partial charge is 0.388 e. The van der Waals surface area contributed by atoms with Crippen LogP contribution in [0.1, 0.15) is 35.5 Å². The molecule has 1 aromatic heterocycles. The highest BCUT2D eigenvalue weighted by molar-refractivity contribution is 9.10. The SMILES string of the molecule is CCc1nn(C)c(CC(O)c2ccc(F)c(C)c2)c1Br. The van der Waals surface area contributed by atoms with Crippen LogP contribution < -0.4 is 0 Å². The van der Waals surface area contributed by atoms with Crippen LogP contribution in [0.2, 0.25) is 0 Å². The third kappa shape index (κ3) is 2.94. The molecular formula is C15H18BrFN2O. The van der Waals surface area contributed by atoms with Crippen molar-refractivity contribution in [1.82, 2.24) is 9.78 Å². The van der Waals surface area contributed by atoms with Gasteiger partial charge < -0.3 is 5.11 Å². The number of benzene rings is 1. The summed E-state index contributed by atoms with van der Waals surface area (Å²) >= 11 is 3.53. The van der Waals surface area contributed by atoms with E-state index in [9.17, 15) is 9.50 Å². The monoisotopic (exact) mass is 340 g/mol. The lowest BCUT2D eigenvalue weighted by atomic mass is 10.0. The molecule has 1 unspecified atom stereocenters. The molecule has 0 aliphatic carbocycles. The molecule has 0 aliphatic heterocycles. The minimum atomic E-state index is -0.675. The van der Waals surface area contributed by atoms with Crippen LogP contribution in [-0.2, 0) is 19.9 Å². The number of aliphatic hydroxyl groups excluding tert-OH is 1. The second kappa shape index (κ2) is 6.06. The van der Waals surface area contributed by atoms with Gasteiger partial charge in [-0.1, -0.05) is 19.1 Å². The van der Waals surface area contributed by atoms with Gasteiger partial charge in [0.15, 0.2) is 0 Å². The van der Waals surface area contributed by atoms with Gasteiger partial charge in [0.2, 0.25) is 0 Å². The van der Waals surface area contributed by atoms with Crippen LogP contribution in [0.5, 0.6) is 0 Å². The van der Waals surface area contributed by atoms with E-state index in [1.165, 1.54) is 6.07 Å². The van der Waals surface area contributed by atoms with Crippen molar-refractivity contribution < 1.29 is 9.50 Å². The van der Waals surface area contributed by atoms with Gasteiger partial charge in [0.1, 0.15) is 5.82 Å². The predicted molar refractivity (Wildman–Crippen MR) is 80.1 cm³/mol. The molecule has 2 aromatic rings. The van der Waals surface area contributed by atoms with Gasteiger partial charge in [-0.15, -0.1) is 0 Å². The summed E-state index contributed by atoms with van der Waals surface area (Å²) in [5.74, 6) is -0.254. The molecule has 0 fully saturated rings. The number of hydrogen-bond acceptors (Lipinski definition) is 2. The molecule has 0 saturated carbocycles. The lowest BCUT2D eigenvalue weighted by molar-refractivity contribution is 0.175. The first-order valence-corrected chi connectivity index (χ1v) is 7.37. The fourth-order valence-electron chi connectivity index (χ4n) is 2.22. The lowest BCUT2D eigenvalue weighted by Gasteiger charge is -2.12. The van der Waals surface area contributed by atoms with Gasteiger partial charge in [-0.05, 0) is 46.5 Å². The fourth-order valence-corrected chi connectivity index (χ4v) is 3.00. The van der Waals surface area contributed by atoms with Crippen LogP contribution >= 0.6 is 15.9 Å². The summed E-state index contributed by atoms with van der Waals surface area (Å²) in [6, 6.07) is 4.70. The van der Waals surface area contributed by atoms with E-state index in [0.29, 0.717) is 12.0 Å². The number of rotatable bonds is 4. The van der Waals surface area contributed by atoms with E-state index in [1.54, 1.807) is 23.7 Å². The summed E-state index contributed by atoms with van der Waals surface area (Å²) in [6.45, 7) is 3.73. The molecule has 2 rings (SSSR count). The molecule has 1 aromatic carbocycles. The molecule has 5 heteroatoms. The Morgan fingerprint density at radius 1 is 1.45 bits per heavy atom. The summed E-state index contributed by atoms with van der Waals surface area (Å²) in [4.78, 5) is 0. The highest BCUT2D eigenvalue weighted by Crippen LogP contribution is 2.27. The zero-order valence-corrected chi connectivity index (χ0v) is 13.4. The van der Waals surface area contributed by atoms with Crippen molar-refractivity contribution in [2.45, 2.75) is 32.8 Å². The van der Waals surface area contributed by atoms with Crippen molar-refractivity contribution in [2.75, 3.05) is 0 Å². The smallest absolute Gasteiger partial charge is 0.126 e. The van der Waals surface area contributed by atoms with Gasteiger partial charge in [-0.2, -0.15) is 5.10 Å². The minimum Gasteiger partial charge on any atom is -0.388 e. The maximum atomic E-state index is 13.3. The van der Waals surface area contributed by atoms with Gasteiger partial charge in [0.05, 0.1) is 22.0 Å². The second-order valence-corrected chi connectivity index (χ2v) is 5.71. The van der Waals surface area contributed by atoms with Gasteiger partial charge in [0, 0.05) is 13.5 Å². The van der Waals surface area contributed by atoms with E-state index >= 15 is 0 Å². The second-order valence-electron chi connectivity index (χ2n) is 4.91. The van der Waals surface area contributed by atoms with Crippen molar-refractivity contribution in [3.63, 3.8) is 0 Å². The number of halogens is 2. The van der Waals surface area contributed by atoms with Crippen molar-refractivity contribution >= 4 is 15.9 Å². The number of aliphatic hydroxyl groups is 1. The Balaban J connectivity index is 2.25. The number of nitrogens with zero attached hydrogens (tertiary/aromatic N) is 2. The highest BCUT2D eigenvalue weighted by Gasteiger charge is 2.17. The summed E-state index contributed by atoms with van der Waals surface area (Å²) < 4.78 is 16.0. The Morgan fingerprint density at radius 3 is 2.70 bits per heavy atom. The molecular weight excluding hydrogens is 323 g/mol. The minimum absolute atomic E-state index is 0.254. The van der Waals surface area contributed by atoms with E-state index in [2.05, 4.69) is 21.0 Å². The first-order chi connectivity index (χ1) is 9.43. The Hall–Kier alpha value is -1.20. The molecule has 20 heavy (non-hydrogen) atoms. The lowest BCUT2D eigenvalue weighted by Crippen LogP contribution is -2.07. The molecule has 0 bridgehead atoms. The van der Waals surface area contributed by atoms with Gasteiger partial charge >= 0.3 is 0 Å². The summed E-state index contributed by atoms with van der Waals surface area (Å²) in [5, 5.41) is 14.7. The van der Waals surface area contributed by atoms with Crippen LogP contribution in [0, 0.1) is 12.7 Å². The van der Waals surface area contributed by atoms with Crippen LogP contribution in [0.15, 0.2) is 22.7 Å². The molecule has 0 amide bonds. The van der Waals surface area contributed by atoms with Crippen molar-refractivity contribution in [3.8, 4) is 0 Å². The van der Waals surface area contributed by atoms with E-state index in [1.807, 2.05) is 14.0 Å². The molecule has 0 spiro atoms. The number of hydrogen-bond donors (Lipinski definition) is 1. The van der Waals surface area contributed by atoms with Gasteiger partial charge in [-0.25, -0.2) is 4.39 Å². The van der Waals surface area contributed by atoms with Crippen molar-refractivity contribution in [3.05, 3.63) is 51.0 Å². The molecule has 0 saturated heterocycles. The maximum Gasteiger partial charge on any atom is 0.126 e. The highest BCUT2D eigenvalue weighted by atomic mass is 79.9. The molecule has 3 nitrogen and oxygen atoms in total. The predicted octanol–water partition coefficient (Wildman–Crippen LogP) is 3.47. The summed E-state index contributed by atoms with van der Waals surface area (Å²) in [7, 11) is 1.86. The van der Waals surface area contributed by atoms with Crippen LogP contribution in [-0.4, -0.2) is 14.9 Å². The third-order valence-corrected chi connectivity index (χ3v) is 4.37. The standard InChI is InChI=1S/C15H18BrFN2O/c1-4-12-15(16)13(19(3)18-12)8-14(20)10-5-6-11(17)9(2)7-10/h5-7,14,20H,4,8H2,1-3H3. The normalized spacial score (nSPS) is 12.7. The Kier molecular flexibility index (Phi) is 4.60. The molecule has 1 heterocycles. The Labute approximate surface area is 126 Å². The van der Waals surface area contributed by atoms with Crippen LogP contribution in [0.4, 0.5) is 4.39 Å². The molecule has 0 aliphatic rings. The van der Waals surface area contributed by atoms with E-state index < -0.39 is 6.10 Å². The molecule has 0 radical (unpaired) electrons. The van der Waals surface area contributed by atoms with Crippen molar-refractivity contribution in [1.29, 1.82) is 0 Å². The number of aryl methyl sites for hydroxylation is 3. The average molecular weight is 341 g/mol. The molecule has 1 atom stereocenters. The maximum absolute atomic E-state index is 13.3. The molecule has 1 N–H and O–H groups in total. The Morgan fingerprint density at radius 2 is 2.15 bits per heavy atom. The third-order valence-electron chi connectivity index (χ3n) is 3.46. The topological polar surface area (TPSA) is 38.0 Å². The van der Waals surface area contributed by atoms with E-state index in [0.717, 1.165) is 27.8 Å². The molecule has 108 valence electrons. The first kappa shape index (κ1) is 15.2. The zero-order valence-electron chi connectivity index (χ0n) is 11.8. The van der Waals surface area contributed by atoms with Crippen molar-refractivity contribution in [2.24, 2.45) is 7.05 Å². The quantitative estimate of drug-likeness (QED) is 0.925. The summed E-state index contributed by atoms with van der Waals surface area (Å²) in [6.07, 6.45) is 0.598. The zero-order chi connectivity index (χ0) is 14.9. The first-order valence-electron chi connectivity index (χ1n) is 6.58. The van der Waals surface area contributed by atoms with Gasteiger partial charge in [-0.3, -0.25) is 4.68 Å². The summed E-state index contributed by atoms with van der Waals surface area (Å²) in [5.41, 5.74) is 3.18. The van der Waals surface area contributed by atoms with E-state index in [-0.39, 0.29) is 5.82 Å².